The summed E-state index contributed by atoms with van der Waals surface area (Å²) < 4.78 is 5.68. The van der Waals surface area contributed by atoms with Crippen molar-refractivity contribution in [1.82, 2.24) is 10.6 Å². The van der Waals surface area contributed by atoms with Gasteiger partial charge in [0.2, 0.25) is 0 Å². The third-order valence-electron chi connectivity index (χ3n) is 6.14. The summed E-state index contributed by atoms with van der Waals surface area (Å²) in [4.78, 5) is 2.58. The van der Waals surface area contributed by atoms with Crippen molar-refractivity contribution in [3.8, 4) is 0 Å². The van der Waals surface area contributed by atoms with Crippen LogP contribution in [0.2, 0.25) is 0 Å². The van der Waals surface area contributed by atoms with Crippen molar-refractivity contribution in [1.29, 1.82) is 0 Å². The van der Waals surface area contributed by atoms with Gasteiger partial charge in [0.25, 0.3) is 0 Å². The third-order valence-corrected chi connectivity index (χ3v) is 6.14. The molecule has 4 atom stereocenters. The average Bonchev–Trinajstić information content (AvgIpc) is 3.20. The fourth-order valence-electron chi connectivity index (χ4n) is 4.93. The number of anilines is 1. The van der Waals surface area contributed by atoms with Crippen LogP contribution < -0.4 is 15.5 Å². The fourth-order valence-corrected chi connectivity index (χ4v) is 4.93. The maximum atomic E-state index is 5.68. The molecule has 1 aliphatic carbocycles. The first kappa shape index (κ1) is 19.0. The lowest BCUT2D eigenvalue weighted by molar-refractivity contribution is 0.0526. The summed E-state index contributed by atoms with van der Waals surface area (Å²) in [5.41, 5.74) is 2.95. The Morgan fingerprint density at radius 2 is 2.16 bits per heavy atom. The predicted octanol–water partition coefficient (Wildman–Crippen LogP) is 2.61. The van der Waals surface area contributed by atoms with Gasteiger partial charge in [-0.3, -0.25) is 0 Å². The molecule has 0 spiro atoms. The number of hydrogen-bond acceptors (Lipinski definition) is 4. The Balaban J connectivity index is 0.00000182. The number of ether oxygens (including phenoxy) is 1. The standard InChI is InChI=1S/C20H31N3O.ClH/c1-15-13-16-5-2-3-8-20(16)23(15)11-9-21-18-7-4-6-17(18)19-14-24-12-10-22-19;/h2-3,5,8,15,17-19,21-22H,4,6-7,9-14H2,1H3;1H. The van der Waals surface area contributed by atoms with Gasteiger partial charge in [0.1, 0.15) is 0 Å². The summed E-state index contributed by atoms with van der Waals surface area (Å²) in [6, 6.07) is 10.7. The van der Waals surface area contributed by atoms with Gasteiger partial charge in [0.05, 0.1) is 13.2 Å². The lowest BCUT2D eigenvalue weighted by atomic mass is 9.94. The van der Waals surface area contributed by atoms with Crippen molar-refractivity contribution in [2.24, 2.45) is 5.92 Å². The molecule has 2 aliphatic heterocycles. The van der Waals surface area contributed by atoms with Crippen LogP contribution in [0.25, 0.3) is 0 Å². The van der Waals surface area contributed by atoms with Gasteiger partial charge in [-0.15, -0.1) is 12.4 Å². The molecule has 2 fully saturated rings. The molecule has 2 heterocycles. The Labute approximate surface area is 158 Å². The number of para-hydroxylation sites is 1. The molecule has 1 aromatic carbocycles. The number of hydrogen-bond donors (Lipinski definition) is 2. The molecule has 25 heavy (non-hydrogen) atoms. The van der Waals surface area contributed by atoms with E-state index in [1.165, 1.54) is 36.9 Å². The second-order valence-corrected chi connectivity index (χ2v) is 7.67. The van der Waals surface area contributed by atoms with E-state index >= 15 is 0 Å². The van der Waals surface area contributed by atoms with E-state index in [1.807, 2.05) is 0 Å². The Morgan fingerprint density at radius 1 is 1.28 bits per heavy atom. The van der Waals surface area contributed by atoms with E-state index < -0.39 is 0 Å². The van der Waals surface area contributed by atoms with Gasteiger partial charge in [-0.05, 0) is 43.7 Å². The number of morpholine rings is 1. The van der Waals surface area contributed by atoms with Gasteiger partial charge in [-0.1, -0.05) is 24.6 Å². The molecule has 0 amide bonds. The van der Waals surface area contributed by atoms with Gasteiger partial charge in [-0.25, -0.2) is 0 Å². The number of nitrogens with one attached hydrogen (secondary N) is 2. The molecule has 5 heteroatoms. The molecule has 1 saturated heterocycles. The first-order valence-electron chi connectivity index (χ1n) is 9.72. The minimum absolute atomic E-state index is 0. The zero-order valence-electron chi connectivity index (χ0n) is 15.2. The van der Waals surface area contributed by atoms with Crippen LogP contribution in [0.5, 0.6) is 0 Å². The van der Waals surface area contributed by atoms with E-state index in [0.29, 0.717) is 18.1 Å². The molecule has 3 aliphatic rings. The van der Waals surface area contributed by atoms with Crippen LogP contribution in [0, 0.1) is 5.92 Å². The third kappa shape index (κ3) is 4.13. The van der Waals surface area contributed by atoms with Gasteiger partial charge in [-0.2, -0.15) is 0 Å². The summed E-state index contributed by atoms with van der Waals surface area (Å²) in [6.07, 6.45) is 5.19. The Kier molecular flexibility index (Phi) is 6.61. The van der Waals surface area contributed by atoms with Gasteiger partial charge in [0, 0.05) is 43.4 Å². The average molecular weight is 366 g/mol. The van der Waals surface area contributed by atoms with Gasteiger partial charge < -0.3 is 20.3 Å². The first-order valence-corrected chi connectivity index (χ1v) is 9.72. The number of nitrogens with zero attached hydrogens (tertiary/aromatic N) is 1. The molecule has 0 bridgehead atoms. The largest absolute Gasteiger partial charge is 0.379 e. The molecule has 1 aromatic rings. The van der Waals surface area contributed by atoms with Crippen molar-refractivity contribution in [3.63, 3.8) is 0 Å². The van der Waals surface area contributed by atoms with Crippen LogP contribution in [0.15, 0.2) is 24.3 Å². The monoisotopic (exact) mass is 365 g/mol. The molecule has 0 aromatic heterocycles. The second kappa shape index (κ2) is 8.72. The molecular formula is C20H32ClN3O. The van der Waals surface area contributed by atoms with E-state index in [9.17, 15) is 0 Å². The van der Waals surface area contributed by atoms with Gasteiger partial charge in [0.15, 0.2) is 0 Å². The van der Waals surface area contributed by atoms with Crippen LogP contribution in [0.1, 0.15) is 31.7 Å². The maximum Gasteiger partial charge on any atom is 0.0623 e. The predicted molar refractivity (Wildman–Crippen MR) is 106 cm³/mol. The summed E-state index contributed by atoms with van der Waals surface area (Å²) >= 11 is 0. The van der Waals surface area contributed by atoms with Crippen molar-refractivity contribution in [3.05, 3.63) is 29.8 Å². The number of benzene rings is 1. The van der Waals surface area contributed by atoms with E-state index in [-0.39, 0.29) is 12.4 Å². The van der Waals surface area contributed by atoms with Crippen molar-refractivity contribution < 1.29 is 4.74 Å². The van der Waals surface area contributed by atoms with Crippen LogP contribution in [-0.2, 0) is 11.2 Å². The van der Waals surface area contributed by atoms with Crippen LogP contribution in [0.3, 0.4) is 0 Å². The topological polar surface area (TPSA) is 36.5 Å². The first-order chi connectivity index (χ1) is 11.8. The Bertz CT molecular complexity index is 549. The SMILES string of the molecule is CC1Cc2ccccc2N1CCNC1CCCC1C1COCCN1.Cl. The quantitative estimate of drug-likeness (QED) is 0.841. The zero-order chi connectivity index (χ0) is 16.4. The fraction of sp³-hybridized carbons (Fsp3) is 0.700. The van der Waals surface area contributed by atoms with Crippen molar-refractivity contribution in [2.75, 3.05) is 37.7 Å². The molecule has 4 rings (SSSR count). The minimum atomic E-state index is 0. The zero-order valence-corrected chi connectivity index (χ0v) is 16.1. The molecule has 2 N–H and O–H groups in total. The lowest BCUT2D eigenvalue weighted by Gasteiger charge is -2.33. The van der Waals surface area contributed by atoms with Crippen LogP contribution >= 0.6 is 12.4 Å². The summed E-state index contributed by atoms with van der Waals surface area (Å²) in [6.45, 7) is 7.30. The van der Waals surface area contributed by atoms with E-state index in [4.69, 9.17) is 4.74 Å². The molecule has 140 valence electrons. The van der Waals surface area contributed by atoms with Crippen molar-refractivity contribution in [2.45, 2.75) is 50.7 Å². The summed E-state index contributed by atoms with van der Waals surface area (Å²) in [5.74, 6) is 0.730. The number of rotatable bonds is 5. The molecule has 4 unspecified atom stereocenters. The van der Waals surface area contributed by atoms with E-state index in [1.54, 1.807) is 0 Å². The Hall–Kier alpha value is -0.810. The second-order valence-electron chi connectivity index (χ2n) is 7.67. The molecule has 4 nitrogen and oxygen atoms in total. The van der Waals surface area contributed by atoms with Gasteiger partial charge >= 0.3 is 0 Å². The lowest BCUT2D eigenvalue weighted by Crippen LogP contribution is -2.51. The summed E-state index contributed by atoms with van der Waals surface area (Å²) in [5, 5.41) is 7.54. The normalized spacial score (nSPS) is 31.6. The molecule has 1 saturated carbocycles. The van der Waals surface area contributed by atoms with E-state index in [0.717, 1.165) is 38.8 Å². The Morgan fingerprint density at radius 3 is 3.00 bits per heavy atom. The minimum Gasteiger partial charge on any atom is -0.379 e. The number of halogens is 1. The summed E-state index contributed by atoms with van der Waals surface area (Å²) in [7, 11) is 0. The van der Waals surface area contributed by atoms with Crippen molar-refractivity contribution >= 4 is 18.1 Å². The highest BCUT2D eigenvalue weighted by Crippen LogP contribution is 2.32. The number of fused-ring (bicyclic) bond motifs is 1. The maximum absolute atomic E-state index is 5.68. The highest BCUT2D eigenvalue weighted by molar-refractivity contribution is 5.85. The van der Waals surface area contributed by atoms with Crippen LogP contribution in [0.4, 0.5) is 5.69 Å². The smallest absolute Gasteiger partial charge is 0.0623 e. The van der Waals surface area contributed by atoms with E-state index in [2.05, 4.69) is 46.7 Å². The highest BCUT2D eigenvalue weighted by atomic mass is 35.5. The van der Waals surface area contributed by atoms with Crippen LogP contribution in [-0.4, -0.2) is 51.0 Å². The highest BCUT2D eigenvalue weighted by Gasteiger charge is 2.34. The molecular weight excluding hydrogens is 334 g/mol. The molecule has 0 radical (unpaired) electrons.